The smallest absolute Gasteiger partial charge is 0.216 e. The van der Waals surface area contributed by atoms with Gasteiger partial charge in [0.1, 0.15) is 12.0 Å². The van der Waals surface area contributed by atoms with Crippen LogP contribution in [0.4, 0.5) is 0 Å². The van der Waals surface area contributed by atoms with E-state index in [1.54, 1.807) is 18.6 Å². The summed E-state index contributed by atoms with van der Waals surface area (Å²) in [7, 11) is 0. The van der Waals surface area contributed by atoms with Gasteiger partial charge >= 0.3 is 0 Å². The minimum absolute atomic E-state index is 0.428. The molecule has 3 heterocycles. The topological polar surface area (TPSA) is 76.7 Å². The van der Waals surface area contributed by atoms with Crippen molar-refractivity contribution in [2.45, 2.75) is 0 Å². The number of pyridine rings is 1. The molecule has 0 atom stereocenters. The highest BCUT2D eigenvalue weighted by atomic mass is 32.1. The molecule has 0 bridgehead atoms. The Labute approximate surface area is 148 Å². The minimum atomic E-state index is 0.428. The van der Waals surface area contributed by atoms with E-state index in [1.807, 2.05) is 53.3 Å². The zero-order valence-electron chi connectivity index (χ0n) is 13.0. The van der Waals surface area contributed by atoms with Gasteiger partial charge in [-0.25, -0.2) is 4.68 Å². The van der Waals surface area contributed by atoms with Crippen LogP contribution in [0.3, 0.4) is 0 Å². The quantitative estimate of drug-likeness (QED) is 0.455. The molecular weight excluding hydrogens is 334 g/mol. The standard InChI is InChI=1S/C17H13N7S/c25-17-21-19-12-24(17)20-10-14-11-23(15-4-2-1-3-5-15)22-16(14)13-6-8-18-9-7-13/h1-12H,(H,21,25)/b20-10-. The molecule has 0 radical (unpaired) electrons. The van der Waals surface area contributed by atoms with Gasteiger partial charge in [0, 0.05) is 29.7 Å². The molecule has 25 heavy (non-hydrogen) atoms. The van der Waals surface area contributed by atoms with Crippen molar-refractivity contribution in [2.24, 2.45) is 5.10 Å². The van der Waals surface area contributed by atoms with E-state index in [0.29, 0.717) is 4.77 Å². The summed E-state index contributed by atoms with van der Waals surface area (Å²) in [5.74, 6) is 0. The zero-order chi connectivity index (χ0) is 17.1. The van der Waals surface area contributed by atoms with E-state index in [4.69, 9.17) is 17.3 Å². The van der Waals surface area contributed by atoms with Crippen LogP contribution in [-0.2, 0) is 0 Å². The lowest BCUT2D eigenvalue weighted by molar-refractivity contribution is 0.862. The van der Waals surface area contributed by atoms with Crippen molar-refractivity contribution in [3.05, 3.63) is 77.7 Å². The number of nitrogens with one attached hydrogen (secondary N) is 1. The third kappa shape index (κ3) is 3.15. The Morgan fingerprint density at radius 1 is 1.08 bits per heavy atom. The Kier molecular flexibility index (Phi) is 4.01. The molecule has 0 amide bonds. The molecule has 0 spiro atoms. The summed E-state index contributed by atoms with van der Waals surface area (Å²) in [4.78, 5) is 4.07. The lowest BCUT2D eigenvalue weighted by atomic mass is 10.1. The number of hydrogen-bond acceptors (Lipinski definition) is 5. The summed E-state index contributed by atoms with van der Waals surface area (Å²) in [6.07, 6.45) is 8.65. The Morgan fingerprint density at radius 2 is 1.88 bits per heavy atom. The number of H-pyrrole nitrogens is 1. The lowest BCUT2D eigenvalue weighted by Gasteiger charge is -2.00. The highest BCUT2D eigenvalue weighted by Gasteiger charge is 2.11. The van der Waals surface area contributed by atoms with Crippen LogP contribution >= 0.6 is 12.2 Å². The second kappa shape index (κ2) is 6.62. The van der Waals surface area contributed by atoms with Gasteiger partial charge < -0.3 is 0 Å². The van der Waals surface area contributed by atoms with E-state index in [2.05, 4.69) is 20.3 Å². The van der Waals surface area contributed by atoms with Crippen LogP contribution in [-0.4, -0.2) is 35.9 Å². The summed E-state index contributed by atoms with van der Waals surface area (Å²) < 4.78 is 3.74. The van der Waals surface area contributed by atoms with Gasteiger partial charge in [-0.3, -0.25) is 10.1 Å². The Morgan fingerprint density at radius 3 is 2.60 bits per heavy atom. The van der Waals surface area contributed by atoms with Gasteiger partial charge in [-0.2, -0.15) is 20.0 Å². The number of aromatic nitrogens is 6. The summed E-state index contributed by atoms with van der Waals surface area (Å²) in [5, 5.41) is 15.6. The van der Waals surface area contributed by atoms with Gasteiger partial charge in [-0.1, -0.05) is 18.2 Å². The fraction of sp³-hybridized carbons (Fsp3) is 0. The third-order valence-electron chi connectivity index (χ3n) is 3.57. The Bertz CT molecular complexity index is 1060. The number of hydrogen-bond donors (Lipinski definition) is 1. The van der Waals surface area contributed by atoms with Gasteiger partial charge in [0.15, 0.2) is 0 Å². The number of aromatic amines is 1. The molecule has 1 N–H and O–H groups in total. The maximum absolute atomic E-state index is 5.11. The van der Waals surface area contributed by atoms with Gasteiger partial charge in [-0.05, 0) is 36.5 Å². The van der Waals surface area contributed by atoms with Crippen molar-refractivity contribution in [2.75, 3.05) is 0 Å². The van der Waals surface area contributed by atoms with Crippen LogP contribution in [0.2, 0.25) is 0 Å². The second-order valence-electron chi connectivity index (χ2n) is 5.20. The van der Waals surface area contributed by atoms with Crippen LogP contribution in [0.25, 0.3) is 16.9 Å². The SMILES string of the molecule is S=c1[nH]ncn1/N=C\c1cn(-c2ccccc2)nc1-c1ccncc1. The van der Waals surface area contributed by atoms with Crippen molar-refractivity contribution in [3.8, 4) is 16.9 Å². The van der Waals surface area contributed by atoms with Crippen molar-refractivity contribution in [3.63, 3.8) is 0 Å². The van der Waals surface area contributed by atoms with Gasteiger partial charge in [0.2, 0.25) is 4.77 Å². The molecular formula is C17H13N7S. The summed E-state index contributed by atoms with van der Waals surface area (Å²) >= 11 is 5.11. The van der Waals surface area contributed by atoms with Crippen LogP contribution in [0.5, 0.6) is 0 Å². The van der Waals surface area contributed by atoms with Crippen molar-refractivity contribution < 1.29 is 0 Å². The molecule has 0 saturated carbocycles. The molecule has 1 aromatic carbocycles. The molecule has 7 nitrogen and oxygen atoms in total. The summed E-state index contributed by atoms with van der Waals surface area (Å²) in [5.41, 5.74) is 3.60. The average Bonchev–Trinajstić information content (AvgIpc) is 3.27. The van der Waals surface area contributed by atoms with E-state index in [-0.39, 0.29) is 0 Å². The molecule has 0 fully saturated rings. The summed E-state index contributed by atoms with van der Waals surface area (Å²) in [6.45, 7) is 0. The molecule has 0 aliphatic heterocycles. The maximum Gasteiger partial charge on any atom is 0.216 e. The van der Waals surface area contributed by atoms with Crippen LogP contribution in [0.1, 0.15) is 5.56 Å². The zero-order valence-corrected chi connectivity index (χ0v) is 13.8. The third-order valence-corrected chi connectivity index (χ3v) is 3.85. The average molecular weight is 347 g/mol. The van der Waals surface area contributed by atoms with E-state index >= 15 is 0 Å². The molecule has 0 aliphatic carbocycles. The first-order chi connectivity index (χ1) is 12.3. The van der Waals surface area contributed by atoms with E-state index in [9.17, 15) is 0 Å². The van der Waals surface area contributed by atoms with Crippen LogP contribution in [0.15, 0.2) is 72.5 Å². The molecule has 0 saturated heterocycles. The summed E-state index contributed by atoms with van der Waals surface area (Å²) in [6, 6.07) is 13.7. The largest absolute Gasteiger partial charge is 0.265 e. The second-order valence-corrected chi connectivity index (χ2v) is 5.59. The van der Waals surface area contributed by atoms with Crippen molar-refractivity contribution in [1.82, 2.24) is 29.6 Å². The van der Waals surface area contributed by atoms with E-state index < -0.39 is 0 Å². The fourth-order valence-electron chi connectivity index (χ4n) is 2.38. The normalized spacial score (nSPS) is 11.2. The number of para-hydroxylation sites is 1. The van der Waals surface area contributed by atoms with Gasteiger partial charge in [0.25, 0.3) is 0 Å². The van der Waals surface area contributed by atoms with E-state index in [0.717, 1.165) is 22.5 Å². The maximum atomic E-state index is 5.11. The number of rotatable bonds is 4. The Hall–Kier alpha value is -3.39. The highest BCUT2D eigenvalue weighted by Crippen LogP contribution is 2.22. The number of benzene rings is 1. The highest BCUT2D eigenvalue weighted by molar-refractivity contribution is 7.71. The molecule has 0 unspecified atom stereocenters. The lowest BCUT2D eigenvalue weighted by Crippen LogP contribution is -1.93. The molecule has 4 rings (SSSR count). The Balaban J connectivity index is 1.81. The molecule has 0 aliphatic rings. The van der Waals surface area contributed by atoms with E-state index in [1.165, 1.54) is 11.0 Å². The first-order valence-electron chi connectivity index (χ1n) is 7.53. The van der Waals surface area contributed by atoms with Crippen LogP contribution in [0, 0.1) is 4.77 Å². The predicted molar refractivity (Wildman–Crippen MR) is 97.2 cm³/mol. The first kappa shape index (κ1) is 15.2. The predicted octanol–water partition coefficient (Wildman–Crippen LogP) is 3.07. The molecule has 3 aromatic heterocycles. The fourth-order valence-corrected chi connectivity index (χ4v) is 2.52. The first-order valence-corrected chi connectivity index (χ1v) is 7.94. The van der Waals surface area contributed by atoms with Gasteiger partial charge in [0.05, 0.1) is 11.9 Å². The molecule has 8 heteroatoms. The molecule has 4 aromatic rings. The monoisotopic (exact) mass is 347 g/mol. The van der Waals surface area contributed by atoms with Crippen molar-refractivity contribution in [1.29, 1.82) is 0 Å². The van der Waals surface area contributed by atoms with Gasteiger partial charge in [-0.15, -0.1) is 0 Å². The van der Waals surface area contributed by atoms with Crippen LogP contribution < -0.4 is 0 Å². The molecule has 122 valence electrons. The van der Waals surface area contributed by atoms with Crippen molar-refractivity contribution >= 4 is 18.4 Å². The number of nitrogens with zero attached hydrogens (tertiary/aromatic N) is 6. The minimum Gasteiger partial charge on any atom is -0.265 e.